The first-order valence-corrected chi connectivity index (χ1v) is 8.30. The van der Waals surface area contributed by atoms with Crippen molar-refractivity contribution in [1.82, 2.24) is 14.9 Å². The van der Waals surface area contributed by atoms with Gasteiger partial charge in [0.25, 0.3) is 5.91 Å². The molecule has 1 fully saturated rings. The van der Waals surface area contributed by atoms with E-state index >= 15 is 0 Å². The maximum atomic E-state index is 12.9. The number of rotatable bonds is 3. The van der Waals surface area contributed by atoms with Crippen LogP contribution in [0, 0.1) is 13.8 Å². The van der Waals surface area contributed by atoms with Gasteiger partial charge < -0.3 is 10.6 Å². The number of primary amides is 1. The lowest BCUT2D eigenvalue weighted by molar-refractivity contribution is -0.119. The maximum absolute atomic E-state index is 12.9. The van der Waals surface area contributed by atoms with E-state index in [2.05, 4.69) is 9.97 Å². The van der Waals surface area contributed by atoms with E-state index in [9.17, 15) is 9.59 Å². The molecule has 1 aliphatic heterocycles. The predicted octanol–water partition coefficient (Wildman–Crippen LogP) is 2.12. The first kappa shape index (κ1) is 16.4. The molecule has 1 saturated heterocycles. The van der Waals surface area contributed by atoms with Crippen molar-refractivity contribution in [3.63, 3.8) is 0 Å². The number of likely N-dealkylation sites (tertiary alicyclic amines) is 1. The second kappa shape index (κ2) is 6.55. The highest BCUT2D eigenvalue weighted by Gasteiger charge is 2.28. The number of nitrogens with zero attached hydrogens (tertiary/aromatic N) is 3. The lowest BCUT2D eigenvalue weighted by Crippen LogP contribution is -2.45. The molecular weight excluding hydrogens is 304 g/mol. The van der Waals surface area contributed by atoms with E-state index in [-0.39, 0.29) is 24.3 Å². The van der Waals surface area contributed by atoms with Gasteiger partial charge >= 0.3 is 0 Å². The highest BCUT2D eigenvalue weighted by atomic mass is 16.2. The molecule has 6 heteroatoms. The van der Waals surface area contributed by atoms with Crippen LogP contribution in [0.1, 0.15) is 47.4 Å². The number of aryl methyl sites for hydroxylation is 2. The molecule has 0 bridgehead atoms. The molecule has 0 saturated carbocycles. The van der Waals surface area contributed by atoms with Crippen LogP contribution in [0.5, 0.6) is 0 Å². The summed E-state index contributed by atoms with van der Waals surface area (Å²) in [5.74, 6) is -0.432. The molecule has 1 aromatic heterocycles. The van der Waals surface area contributed by atoms with Crippen molar-refractivity contribution in [2.75, 3.05) is 6.54 Å². The van der Waals surface area contributed by atoms with Crippen molar-refractivity contribution in [1.29, 1.82) is 0 Å². The number of fused-ring (bicyclic) bond motifs is 1. The molecule has 0 aliphatic carbocycles. The second-order valence-electron chi connectivity index (χ2n) is 6.42. The fourth-order valence-corrected chi connectivity index (χ4v) is 3.24. The Morgan fingerprint density at radius 3 is 2.58 bits per heavy atom. The van der Waals surface area contributed by atoms with Crippen LogP contribution in [0.3, 0.4) is 0 Å². The van der Waals surface area contributed by atoms with E-state index < -0.39 is 0 Å². The van der Waals surface area contributed by atoms with Gasteiger partial charge in [0.05, 0.1) is 22.4 Å². The average molecular weight is 326 g/mol. The summed E-state index contributed by atoms with van der Waals surface area (Å²) in [6.45, 7) is 4.49. The maximum Gasteiger partial charge on any atom is 0.254 e. The molecule has 6 nitrogen and oxygen atoms in total. The summed E-state index contributed by atoms with van der Waals surface area (Å²) < 4.78 is 0. The molecule has 0 spiro atoms. The third kappa shape index (κ3) is 3.22. The molecule has 2 heterocycles. The Hall–Kier alpha value is -2.50. The topological polar surface area (TPSA) is 89.2 Å². The van der Waals surface area contributed by atoms with Gasteiger partial charge in [0.15, 0.2) is 0 Å². The van der Waals surface area contributed by atoms with E-state index in [1.165, 1.54) is 0 Å². The van der Waals surface area contributed by atoms with Gasteiger partial charge in [0.2, 0.25) is 5.91 Å². The molecule has 1 unspecified atom stereocenters. The molecule has 1 aliphatic rings. The largest absolute Gasteiger partial charge is 0.370 e. The Labute approximate surface area is 141 Å². The zero-order valence-electron chi connectivity index (χ0n) is 14.1. The Morgan fingerprint density at radius 1 is 1.17 bits per heavy atom. The minimum atomic E-state index is -0.366. The van der Waals surface area contributed by atoms with Crippen LogP contribution in [0.2, 0.25) is 0 Å². The number of piperidine rings is 1. The molecule has 2 aromatic rings. The van der Waals surface area contributed by atoms with Gasteiger partial charge in [0, 0.05) is 24.6 Å². The van der Waals surface area contributed by atoms with E-state index in [4.69, 9.17) is 5.73 Å². The lowest BCUT2D eigenvalue weighted by Gasteiger charge is -2.35. The van der Waals surface area contributed by atoms with Gasteiger partial charge in [-0.05, 0) is 51.3 Å². The van der Waals surface area contributed by atoms with Crippen LogP contribution < -0.4 is 5.73 Å². The molecule has 2 N–H and O–H groups in total. The Bertz CT molecular complexity index is 803. The van der Waals surface area contributed by atoms with Gasteiger partial charge in [-0.1, -0.05) is 0 Å². The summed E-state index contributed by atoms with van der Waals surface area (Å²) in [5.41, 5.74) is 9.16. The van der Waals surface area contributed by atoms with Gasteiger partial charge in [0.1, 0.15) is 0 Å². The first-order chi connectivity index (χ1) is 11.5. The summed E-state index contributed by atoms with van der Waals surface area (Å²) in [5, 5.41) is 0. The quantitative estimate of drug-likeness (QED) is 0.935. The Morgan fingerprint density at radius 2 is 1.88 bits per heavy atom. The van der Waals surface area contributed by atoms with E-state index in [1.807, 2.05) is 19.9 Å². The summed E-state index contributed by atoms with van der Waals surface area (Å²) in [6, 6.07) is 5.29. The Kier molecular flexibility index (Phi) is 4.46. The zero-order valence-corrected chi connectivity index (χ0v) is 14.1. The van der Waals surface area contributed by atoms with Crippen molar-refractivity contribution < 1.29 is 9.59 Å². The van der Waals surface area contributed by atoms with E-state index in [0.717, 1.165) is 36.2 Å². The number of amides is 2. The SMILES string of the molecule is Cc1nc2ccc(C(=O)N3CCCCC3CC(N)=O)cc2nc1C. The minimum Gasteiger partial charge on any atom is -0.370 e. The lowest BCUT2D eigenvalue weighted by atomic mass is 9.98. The van der Waals surface area contributed by atoms with Gasteiger partial charge in [-0.25, -0.2) is 9.97 Å². The normalized spacial score (nSPS) is 17.9. The molecule has 2 amide bonds. The average Bonchev–Trinajstić information content (AvgIpc) is 2.55. The van der Waals surface area contributed by atoms with Gasteiger partial charge in [-0.2, -0.15) is 0 Å². The van der Waals surface area contributed by atoms with Gasteiger partial charge in [-0.15, -0.1) is 0 Å². The zero-order chi connectivity index (χ0) is 17.3. The molecule has 0 radical (unpaired) electrons. The first-order valence-electron chi connectivity index (χ1n) is 8.30. The summed E-state index contributed by atoms with van der Waals surface area (Å²) in [7, 11) is 0. The Balaban J connectivity index is 1.91. The third-order valence-electron chi connectivity index (χ3n) is 4.65. The smallest absolute Gasteiger partial charge is 0.254 e. The highest BCUT2D eigenvalue weighted by molar-refractivity contribution is 5.97. The van der Waals surface area contributed by atoms with Crippen molar-refractivity contribution in [2.45, 2.75) is 45.6 Å². The molecule has 1 aromatic carbocycles. The van der Waals surface area contributed by atoms with E-state index in [1.54, 1.807) is 17.0 Å². The molecule has 126 valence electrons. The van der Waals surface area contributed by atoms with Crippen LogP contribution in [-0.2, 0) is 4.79 Å². The van der Waals surface area contributed by atoms with Crippen LogP contribution in [0.25, 0.3) is 11.0 Å². The molecular formula is C18H22N4O2. The predicted molar refractivity (Wildman–Crippen MR) is 91.5 cm³/mol. The number of aromatic nitrogens is 2. The number of carbonyl (C=O) groups is 2. The fourth-order valence-electron chi connectivity index (χ4n) is 3.24. The third-order valence-corrected chi connectivity index (χ3v) is 4.65. The number of carbonyl (C=O) groups excluding carboxylic acids is 2. The second-order valence-corrected chi connectivity index (χ2v) is 6.42. The summed E-state index contributed by atoms with van der Waals surface area (Å²) in [4.78, 5) is 35.0. The number of hydrogen-bond donors (Lipinski definition) is 1. The van der Waals surface area contributed by atoms with Crippen LogP contribution >= 0.6 is 0 Å². The van der Waals surface area contributed by atoms with Crippen molar-refractivity contribution in [2.24, 2.45) is 5.73 Å². The number of nitrogens with two attached hydrogens (primary N) is 1. The van der Waals surface area contributed by atoms with Crippen molar-refractivity contribution in [3.8, 4) is 0 Å². The minimum absolute atomic E-state index is 0.0668. The van der Waals surface area contributed by atoms with Gasteiger partial charge in [-0.3, -0.25) is 9.59 Å². The van der Waals surface area contributed by atoms with Crippen LogP contribution in [0.4, 0.5) is 0 Å². The van der Waals surface area contributed by atoms with Crippen LogP contribution in [-0.4, -0.2) is 39.3 Å². The summed E-state index contributed by atoms with van der Waals surface area (Å²) in [6.07, 6.45) is 3.01. The van der Waals surface area contributed by atoms with Crippen molar-refractivity contribution in [3.05, 3.63) is 35.2 Å². The summed E-state index contributed by atoms with van der Waals surface area (Å²) >= 11 is 0. The molecule has 3 rings (SSSR count). The molecule has 24 heavy (non-hydrogen) atoms. The number of benzene rings is 1. The monoisotopic (exact) mass is 326 g/mol. The standard InChI is InChI=1S/C18H22N4O2/c1-11-12(2)21-16-9-13(6-7-15(16)20-11)18(24)22-8-4-3-5-14(22)10-17(19)23/h6-7,9,14H,3-5,8,10H2,1-2H3,(H2,19,23). The fraction of sp³-hybridized carbons (Fsp3) is 0.444. The number of hydrogen-bond acceptors (Lipinski definition) is 4. The molecule has 1 atom stereocenters. The highest BCUT2D eigenvalue weighted by Crippen LogP contribution is 2.23. The van der Waals surface area contributed by atoms with E-state index in [0.29, 0.717) is 17.6 Å². The van der Waals surface area contributed by atoms with Crippen LogP contribution in [0.15, 0.2) is 18.2 Å². The van der Waals surface area contributed by atoms with Crippen molar-refractivity contribution >= 4 is 22.8 Å².